The molecular formula is C15H10N4OS. The standard InChI is InChI=1S/C15H10N4OS/c16-9-11-3-1-2-4-12(11)13(21)15-19-18-14(20-15)10-5-7-17-8-6-10/h1-8,13,21H. The van der Waals surface area contributed by atoms with Crippen molar-refractivity contribution < 1.29 is 4.42 Å². The van der Waals surface area contributed by atoms with Crippen molar-refractivity contribution in [2.75, 3.05) is 0 Å². The van der Waals surface area contributed by atoms with E-state index in [0.717, 1.165) is 11.1 Å². The molecule has 102 valence electrons. The maximum absolute atomic E-state index is 9.14. The molecular weight excluding hydrogens is 284 g/mol. The van der Waals surface area contributed by atoms with Crippen molar-refractivity contribution in [1.29, 1.82) is 5.26 Å². The second-order valence-electron chi connectivity index (χ2n) is 4.28. The first kappa shape index (κ1) is 13.3. The molecule has 1 atom stereocenters. The lowest BCUT2D eigenvalue weighted by Gasteiger charge is -2.07. The van der Waals surface area contributed by atoms with E-state index in [9.17, 15) is 0 Å². The van der Waals surface area contributed by atoms with E-state index >= 15 is 0 Å². The molecule has 0 saturated heterocycles. The number of hydrogen-bond acceptors (Lipinski definition) is 6. The molecule has 3 rings (SSSR count). The lowest BCUT2D eigenvalue weighted by atomic mass is 10.1. The Morgan fingerprint density at radius 2 is 1.86 bits per heavy atom. The summed E-state index contributed by atoms with van der Waals surface area (Å²) in [6, 6.07) is 12.9. The smallest absolute Gasteiger partial charge is 0.247 e. The van der Waals surface area contributed by atoms with Crippen LogP contribution in [0.3, 0.4) is 0 Å². The minimum Gasteiger partial charge on any atom is -0.419 e. The monoisotopic (exact) mass is 294 g/mol. The second-order valence-corrected chi connectivity index (χ2v) is 4.80. The Kier molecular flexibility index (Phi) is 3.67. The van der Waals surface area contributed by atoms with E-state index in [1.165, 1.54) is 0 Å². The van der Waals surface area contributed by atoms with Gasteiger partial charge in [0.25, 0.3) is 0 Å². The van der Waals surface area contributed by atoms with Crippen LogP contribution >= 0.6 is 12.6 Å². The fraction of sp³-hybridized carbons (Fsp3) is 0.0667. The third-order valence-electron chi connectivity index (χ3n) is 2.98. The number of thiol groups is 1. The van der Waals surface area contributed by atoms with Gasteiger partial charge in [0, 0.05) is 18.0 Å². The molecule has 0 saturated carbocycles. The summed E-state index contributed by atoms with van der Waals surface area (Å²) >= 11 is 4.50. The van der Waals surface area contributed by atoms with Gasteiger partial charge in [-0.3, -0.25) is 4.98 Å². The van der Waals surface area contributed by atoms with Gasteiger partial charge in [-0.05, 0) is 23.8 Å². The van der Waals surface area contributed by atoms with Crippen molar-refractivity contribution in [3.05, 3.63) is 65.8 Å². The van der Waals surface area contributed by atoms with Crippen molar-refractivity contribution in [2.45, 2.75) is 5.25 Å². The normalized spacial score (nSPS) is 11.8. The predicted molar refractivity (Wildman–Crippen MR) is 79.5 cm³/mol. The van der Waals surface area contributed by atoms with Crippen molar-refractivity contribution in [2.24, 2.45) is 0 Å². The van der Waals surface area contributed by atoms with E-state index in [2.05, 4.69) is 33.9 Å². The maximum Gasteiger partial charge on any atom is 0.247 e. The summed E-state index contributed by atoms with van der Waals surface area (Å²) in [7, 11) is 0. The Bertz CT molecular complexity index is 795. The second kappa shape index (κ2) is 5.77. The zero-order valence-corrected chi connectivity index (χ0v) is 11.7. The Morgan fingerprint density at radius 1 is 1.10 bits per heavy atom. The predicted octanol–water partition coefficient (Wildman–Crippen LogP) is 3.02. The zero-order valence-electron chi connectivity index (χ0n) is 10.8. The fourth-order valence-electron chi connectivity index (χ4n) is 1.93. The topological polar surface area (TPSA) is 75.6 Å². The number of nitrogens with zero attached hydrogens (tertiary/aromatic N) is 4. The minimum absolute atomic E-state index is 0.354. The molecule has 1 unspecified atom stereocenters. The quantitative estimate of drug-likeness (QED) is 0.751. The average molecular weight is 294 g/mol. The molecule has 0 aliphatic heterocycles. The highest BCUT2D eigenvalue weighted by atomic mass is 32.1. The van der Waals surface area contributed by atoms with Gasteiger partial charge in [0.2, 0.25) is 11.8 Å². The lowest BCUT2D eigenvalue weighted by Crippen LogP contribution is -1.97. The van der Waals surface area contributed by atoms with Crippen molar-refractivity contribution in [3.8, 4) is 17.5 Å². The summed E-state index contributed by atoms with van der Waals surface area (Å²) in [5, 5.41) is 16.7. The van der Waals surface area contributed by atoms with Crippen LogP contribution < -0.4 is 0 Å². The Hall–Kier alpha value is -2.65. The number of rotatable bonds is 3. The van der Waals surface area contributed by atoms with Gasteiger partial charge in [0.1, 0.15) is 5.25 Å². The lowest BCUT2D eigenvalue weighted by molar-refractivity contribution is 0.515. The van der Waals surface area contributed by atoms with E-state index in [0.29, 0.717) is 17.3 Å². The van der Waals surface area contributed by atoms with E-state index in [1.807, 2.05) is 12.1 Å². The van der Waals surface area contributed by atoms with Gasteiger partial charge in [-0.1, -0.05) is 18.2 Å². The molecule has 0 aliphatic carbocycles. The summed E-state index contributed by atoms with van der Waals surface area (Å²) in [6.45, 7) is 0. The molecule has 6 heteroatoms. The molecule has 1 aromatic carbocycles. The van der Waals surface area contributed by atoms with Crippen molar-refractivity contribution >= 4 is 12.6 Å². The maximum atomic E-state index is 9.14. The van der Waals surface area contributed by atoms with Crippen LogP contribution in [0.1, 0.15) is 22.3 Å². The number of aromatic nitrogens is 3. The summed E-state index contributed by atoms with van der Waals surface area (Å²) in [6.07, 6.45) is 3.31. The van der Waals surface area contributed by atoms with E-state index in [-0.39, 0.29) is 0 Å². The zero-order chi connectivity index (χ0) is 14.7. The summed E-state index contributed by atoms with van der Waals surface area (Å²) in [5.41, 5.74) is 2.08. The van der Waals surface area contributed by atoms with E-state index in [4.69, 9.17) is 9.68 Å². The summed E-state index contributed by atoms with van der Waals surface area (Å²) < 4.78 is 5.65. The van der Waals surface area contributed by atoms with E-state index < -0.39 is 5.25 Å². The van der Waals surface area contributed by atoms with Gasteiger partial charge in [-0.2, -0.15) is 17.9 Å². The van der Waals surface area contributed by atoms with Crippen LogP contribution in [0.15, 0.2) is 53.2 Å². The minimum atomic E-state index is -0.441. The molecule has 3 aromatic rings. The van der Waals surface area contributed by atoms with Crippen LogP contribution in [0.25, 0.3) is 11.5 Å². The van der Waals surface area contributed by atoms with Gasteiger partial charge in [-0.25, -0.2) is 0 Å². The molecule has 21 heavy (non-hydrogen) atoms. The Morgan fingerprint density at radius 3 is 2.62 bits per heavy atom. The highest BCUT2D eigenvalue weighted by Crippen LogP contribution is 2.31. The number of benzene rings is 1. The average Bonchev–Trinajstić information content (AvgIpc) is 3.05. The molecule has 0 aliphatic rings. The summed E-state index contributed by atoms with van der Waals surface area (Å²) in [4.78, 5) is 3.94. The van der Waals surface area contributed by atoms with Gasteiger partial charge in [0.15, 0.2) is 0 Å². The van der Waals surface area contributed by atoms with Crippen LogP contribution in [-0.2, 0) is 0 Å². The number of hydrogen-bond donors (Lipinski definition) is 1. The third-order valence-corrected chi connectivity index (χ3v) is 3.48. The molecule has 0 radical (unpaired) electrons. The van der Waals surface area contributed by atoms with Gasteiger partial charge in [0.05, 0.1) is 11.6 Å². The molecule has 0 N–H and O–H groups in total. The Balaban J connectivity index is 1.95. The highest BCUT2D eigenvalue weighted by molar-refractivity contribution is 7.80. The van der Waals surface area contributed by atoms with Crippen LogP contribution in [-0.4, -0.2) is 15.2 Å². The first-order valence-corrected chi connectivity index (χ1v) is 6.72. The van der Waals surface area contributed by atoms with Crippen molar-refractivity contribution in [3.63, 3.8) is 0 Å². The van der Waals surface area contributed by atoms with Gasteiger partial charge in [-0.15, -0.1) is 10.2 Å². The molecule has 0 amide bonds. The van der Waals surface area contributed by atoms with Crippen LogP contribution in [0.5, 0.6) is 0 Å². The van der Waals surface area contributed by atoms with Crippen molar-refractivity contribution in [1.82, 2.24) is 15.2 Å². The van der Waals surface area contributed by atoms with Gasteiger partial charge >= 0.3 is 0 Å². The van der Waals surface area contributed by atoms with Crippen LogP contribution in [0.4, 0.5) is 0 Å². The molecule has 0 spiro atoms. The molecule has 5 nitrogen and oxygen atoms in total. The largest absolute Gasteiger partial charge is 0.419 e. The fourth-order valence-corrected chi connectivity index (χ4v) is 2.26. The third kappa shape index (κ3) is 2.64. The van der Waals surface area contributed by atoms with Gasteiger partial charge < -0.3 is 4.42 Å². The summed E-state index contributed by atoms with van der Waals surface area (Å²) in [5.74, 6) is 0.758. The molecule has 0 bridgehead atoms. The number of nitriles is 1. The van der Waals surface area contributed by atoms with Crippen LogP contribution in [0, 0.1) is 11.3 Å². The first-order chi connectivity index (χ1) is 10.3. The highest BCUT2D eigenvalue weighted by Gasteiger charge is 2.20. The van der Waals surface area contributed by atoms with Crippen LogP contribution in [0.2, 0.25) is 0 Å². The number of pyridine rings is 1. The van der Waals surface area contributed by atoms with E-state index in [1.54, 1.807) is 36.7 Å². The molecule has 0 fully saturated rings. The Labute approximate surface area is 126 Å². The molecule has 2 aromatic heterocycles. The SMILES string of the molecule is N#Cc1ccccc1C(S)c1nnc(-c2ccncc2)o1. The first-order valence-electron chi connectivity index (χ1n) is 6.20. The molecule has 2 heterocycles.